The highest BCUT2D eigenvalue weighted by Crippen LogP contribution is 2.69. The first-order valence-corrected chi connectivity index (χ1v) is 14.0. The second kappa shape index (κ2) is 9.15. The molecule has 0 heterocycles. The number of allylic oxidation sites excluding steroid dienone is 1. The van der Waals surface area contributed by atoms with E-state index < -0.39 is 0 Å². The molecule has 0 radical (unpaired) electrons. The molecule has 178 valence electrons. The molecule has 10 atom stereocenters. The van der Waals surface area contributed by atoms with Crippen molar-refractivity contribution in [3.05, 3.63) is 12.7 Å². The van der Waals surface area contributed by atoms with E-state index in [1.165, 1.54) is 64.2 Å². The maximum absolute atomic E-state index is 10.8. The van der Waals surface area contributed by atoms with Gasteiger partial charge in [-0.15, -0.1) is 6.58 Å². The predicted molar refractivity (Wildman–Crippen MR) is 133 cm³/mol. The lowest BCUT2D eigenvalue weighted by Gasteiger charge is -2.62. The molecule has 1 N–H and O–H groups in total. The van der Waals surface area contributed by atoms with E-state index in [1.54, 1.807) is 0 Å². The molecule has 0 amide bonds. The van der Waals surface area contributed by atoms with Gasteiger partial charge >= 0.3 is 0 Å². The van der Waals surface area contributed by atoms with E-state index >= 15 is 0 Å². The first kappa shape index (κ1) is 23.8. The predicted octanol–water partition coefficient (Wildman–Crippen LogP) is 8.27. The summed E-state index contributed by atoms with van der Waals surface area (Å²) in [6.07, 6.45) is 18.2. The van der Waals surface area contributed by atoms with E-state index in [1.807, 2.05) is 0 Å². The van der Waals surface area contributed by atoms with Crippen LogP contribution in [0.4, 0.5) is 0 Å². The standard InChI is InChI=1S/C30H52O/c1-7-9-23-26-13-12-22-25-15-14-24(21(4)11-8-10-20(2)3)29(25,5)18-16-27(22)30(26,6)19-17-28(23)31/h7,20-28,31H,1,8-19H2,2-6H3/t21-,22+,23-,24-,25+,26-,27+,28+,29-,30+/m1/s1. The van der Waals surface area contributed by atoms with E-state index in [9.17, 15) is 5.11 Å². The summed E-state index contributed by atoms with van der Waals surface area (Å²) in [6.45, 7) is 16.7. The van der Waals surface area contributed by atoms with E-state index in [-0.39, 0.29) is 6.10 Å². The molecule has 4 rings (SSSR count). The molecule has 0 aromatic rings. The molecule has 1 heteroatoms. The first-order valence-electron chi connectivity index (χ1n) is 14.0. The molecule has 0 spiro atoms. The molecule has 4 aliphatic carbocycles. The van der Waals surface area contributed by atoms with Crippen LogP contribution < -0.4 is 0 Å². The van der Waals surface area contributed by atoms with Crippen LogP contribution in [0.1, 0.15) is 112 Å². The first-order chi connectivity index (χ1) is 14.7. The Bertz CT molecular complexity index is 624. The van der Waals surface area contributed by atoms with Crippen molar-refractivity contribution in [2.45, 2.75) is 118 Å². The minimum Gasteiger partial charge on any atom is -0.393 e. The van der Waals surface area contributed by atoms with Gasteiger partial charge in [-0.2, -0.15) is 0 Å². The minimum atomic E-state index is -0.0935. The maximum Gasteiger partial charge on any atom is 0.0574 e. The van der Waals surface area contributed by atoms with Gasteiger partial charge in [0.1, 0.15) is 0 Å². The van der Waals surface area contributed by atoms with Crippen molar-refractivity contribution in [2.75, 3.05) is 0 Å². The van der Waals surface area contributed by atoms with Crippen LogP contribution in [0.2, 0.25) is 0 Å². The highest BCUT2D eigenvalue weighted by Gasteiger charge is 2.61. The van der Waals surface area contributed by atoms with Gasteiger partial charge in [-0.25, -0.2) is 0 Å². The highest BCUT2D eigenvalue weighted by molar-refractivity contribution is 5.11. The van der Waals surface area contributed by atoms with Crippen LogP contribution in [-0.4, -0.2) is 11.2 Å². The molecule has 0 aromatic heterocycles. The Hall–Kier alpha value is -0.300. The zero-order valence-electron chi connectivity index (χ0n) is 21.4. The average Bonchev–Trinajstić information content (AvgIpc) is 3.07. The van der Waals surface area contributed by atoms with Gasteiger partial charge in [-0.05, 0) is 116 Å². The Morgan fingerprint density at radius 1 is 0.871 bits per heavy atom. The van der Waals surface area contributed by atoms with Gasteiger partial charge in [0.15, 0.2) is 0 Å². The van der Waals surface area contributed by atoms with Crippen LogP contribution in [0.3, 0.4) is 0 Å². The number of fused-ring (bicyclic) bond motifs is 5. The van der Waals surface area contributed by atoms with E-state index in [4.69, 9.17) is 0 Å². The van der Waals surface area contributed by atoms with Gasteiger partial charge < -0.3 is 5.11 Å². The molecule has 0 saturated heterocycles. The van der Waals surface area contributed by atoms with Crippen LogP contribution in [0, 0.1) is 58.2 Å². The third-order valence-corrected chi connectivity index (χ3v) is 11.6. The molecule has 4 fully saturated rings. The van der Waals surface area contributed by atoms with Crippen LogP contribution in [0.25, 0.3) is 0 Å². The summed E-state index contributed by atoms with van der Waals surface area (Å²) < 4.78 is 0. The van der Waals surface area contributed by atoms with Gasteiger partial charge in [-0.3, -0.25) is 0 Å². The Morgan fingerprint density at radius 3 is 2.26 bits per heavy atom. The molecule has 1 nitrogen and oxygen atoms in total. The van der Waals surface area contributed by atoms with Crippen LogP contribution in [0.15, 0.2) is 12.7 Å². The van der Waals surface area contributed by atoms with Crippen molar-refractivity contribution in [1.29, 1.82) is 0 Å². The van der Waals surface area contributed by atoms with Crippen LogP contribution >= 0.6 is 0 Å². The van der Waals surface area contributed by atoms with Crippen molar-refractivity contribution >= 4 is 0 Å². The molecule has 4 aliphatic rings. The molecule has 0 bridgehead atoms. The number of rotatable bonds is 7. The van der Waals surface area contributed by atoms with Gasteiger partial charge in [0.2, 0.25) is 0 Å². The fraction of sp³-hybridized carbons (Fsp3) is 0.933. The lowest BCUT2D eigenvalue weighted by molar-refractivity contribution is -0.152. The second-order valence-corrected chi connectivity index (χ2v) is 13.4. The third-order valence-electron chi connectivity index (χ3n) is 11.6. The second-order valence-electron chi connectivity index (χ2n) is 13.4. The molecule has 0 aliphatic heterocycles. The third kappa shape index (κ3) is 4.08. The summed E-state index contributed by atoms with van der Waals surface area (Å²) in [5, 5.41) is 10.8. The van der Waals surface area contributed by atoms with E-state index in [0.29, 0.717) is 22.7 Å². The normalized spacial score (nSPS) is 48.0. The lowest BCUT2D eigenvalue weighted by Crippen LogP contribution is -2.56. The summed E-state index contributed by atoms with van der Waals surface area (Å²) in [5.41, 5.74) is 1.05. The van der Waals surface area contributed by atoms with Gasteiger partial charge in [0.25, 0.3) is 0 Å². The summed E-state index contributed by atoms with van der Waals surface area (Å²) in [6, 6.07) is 0. The Kier molecular flexibility index (Phi) is 7.04. The lowest BCUT2D eigenvalue weighted by atomic mass is 9.43. The number of aliphatic hydroxyl groups is 1. The molecular weight excluding hydrogens is 376 g/mol. The summed E-state index contributed by atoms with van der Waals surface area (Å²) >= 11 is 0. The smallest absolute Gasteiger partial charge is 0.0574 e. The Balaban J connectivity index is 1.49. The number of hydrogen-bond acceptors (Lipinski definition) is 1. The zero-order chi connectivity index (χ0) is 22.4. The zero-order valence-corrected chi connectivity index (χ0v) is 21.4. The Morgan fingerprint density at radius 2 is 1.55 bits per heavy atom. The van der Waals surface area contributed by atoms with Crippen molar-refractivity contribution in [2.24, 2.45) is 58.2 Å². The van der Waals surface area contributed by atoms with Crippen LogP contribution in [0.5, 0.6) is 0 Å². The monoisotopic (exact) mass is 428 g/mol. The average molecular weight is 429 g/mol. The fourth-order valence-electron chi connectivity index (χ4n) is 10.0. The Labute approximate surface area is 193 Å². The largest absolute Gasteiger partial charge is 0.393 e. The quantitative estimate of drug-likeness (QED) is 0.404. The molecular formula is C30H52O. The summed E-state index contributed by atoms with van der Waals surface area (Å²) in [4.78, 5) is 0. The maximum atomic E-state index is 10.8. The molecule has 4 saturated carbocycles. The van der Waals surface area contributed by atoms with Crippen molar-refractivity contribution < 1.29 is 5.11 Å². The van der Waals surface area contributed by atoms with E-state index in [0.717, 1.165) is 48.3 Å². The van der Waals surface area contributed by atoms with Crippen molar-refractivity contribution in [3.8, 4) is 0 Å². The van der Waals surface area contributed by atoms with Gasteiger partial charge in [-0.1, -0.05) is 60.0 Å². The number of aliphatic hydroxyl groups excluding tert-OH is 1. The minimum absolute atomic E-state index is 0.0935. The fourth-order valence-corrected chi connectivity index (χ4v) is 10.0. The van der Waals surface area contributed by atoms with Crippen molar-refractivity contribution in [3.63, 3.8) is 0 Å². The van der Waals surface area contributed by atoms with Gasteiger partial charge in [0.05, 0.1) is 6.10 Å². The molecule has 0 unspecified atom stereocenters. The van der Waals surface area contributed by atoms with E-state index in [2.05, 4.69) is 47.3 Å². The molecule has 31 heavy (non-hydrogen) atoms. The number of hydrogen-bond donors (Lipinski definition) is 1. The SMILES string of the molecule is C=CC[C@@H]1[C@H]2CC[C@@H]3[C@H](CC[C@]4(C)[C@@H]([C@H](C)CCCC(C)C)CC[C@@H]34)[C@@]2(C)CC[C@@H]1O. The van der Waals surface area contributed by atoms with Crippen LogP contribution in [-0.2, 0) is 0 Å². The summed E-state index contributed by atoms with van der Waals surface area (Å²) in [7, 11) is 0. The van der Waals surface area contributed by atoms with Crippen molar-refractivity contribution in [1.82, 2.24) is 0 Å². The highest BCUT2D eigenvalue weighted by atomic mass is 16.3. The topological polar surface area (TPSA) is 20.2 Å². The molecule has 0 aromatic carbocycles. The summed E-state index contributed by atoms with van der Waals surface area (Å²) in [5.74, 6) is 6.70. The van der Waals surface area contributed by atoms with Gasteiger partial charge in [0, 0.05) is 0 Å².